The van der Waals surface area contributed by atoms with Crippen LogP contribution >= 0.6 is 0 Å². The second-order valence-corrected chi connectivity index (χ2v) is 10.8. The van der Waals surface area contributed by atoms with Crippen LogP contribution in [0.3, 0.4) is 0 Å². The Morgan fingerprint density at radius 1 is 1.17 bits per heavy atom. The molecular weight excluding hydrogens is 394 g/mol. The van der Waals surface area contributed by atoms with E-state index in [2.05, 4.69) is 10.6 Å². The number of benzene rings is 1. The highest BCUT2D eigenvalue weighted by molar-refractivity contribution is 7.92. The third kappa shape index (κ3) is 5.27. The van der Waals surface area contributed by atoms with Gasteiger partial charge >= 0.3 is 6.09 Å². The Kier molecular flexibility index (Phi) is 6.19. The fourth-order valence-corrected chi connectivity index (χ4v) is 5.40. The molecule has 1 aromatic carbocycles. The van der Waals surface area contributed by atoms with Crippen molar-refractivity contribution < 1.29 is 22.7 Å². The van der Waals surface area contributed by atoms with Gasteiger partial charge in [0.05, 0.1) is 16.2 Å². The number of carbonyl (C=O) groups is 2. The van der Waals surface area contributed by atoms with Crippen molar-refractivity contribution in [2.45, 2.75) is 61.8 Å². The largest absolute Gasteiger partial charge is 0.444 e. The second-order valence-electron chi connectivity index (χ2n) is 8.54. The molecule has 2 N–H and O–H groups in total. The molecule has 2 aliphatic rings. The molecule has 3 rings (SSSR count). The SMILES string of the molecule is CC(C)(C)OC(=O)N[C@@H]1CC(=O)N(c2ccc(S(=O)(=O)C3CCNCC3)cc2)C1. The summed E-state index contributed by atoms with van der Waals surface area (Å²) in [4.78, 5) is 26.2. The van der Waals surface area contributed by atoms with E-state index < -0.39 is 21.5 Å². The zero-order valence-corrected chi connectivity index (χ0v) is 17.9. The Bertz CT molecular complexity index is 855. The van der Waals surface area contributed by atoms with Gasteiger partial charge in [-0.05, 0) is 71.0 Å². The first-order valence-corrected chi connectivity index (χ1v) is 11.5. The monoisotopic (exact) mass is 423 g/mol. The van der Waals surface area contributed by atoms with Crippen LogP contribution in [0, 0.1) is 0 Å². The highest BCUT2D eigenvalue weighted by atomic mass is 32.2. The number of amides is 2. The molecule has 160 valence electrons. The van der Waals surface area contributed by atoms with Crippen molar-refractivity contribution in [3.8, 4) is 0 Å². The van der Waals surface area contributed by atoms with Crippen molar-refractivity contribution in [1.82, 2.24) is 10.6 Å². The number of hydrogen-bond acceptors (Lipinski definition) is 6. The smallest absolute Gasteiger partial charge is 0.407 e. The van der Waals surface area contributed by atoms with E-state index in [1.54, 1.807) is 49.9 Å². The fraction of sp³-hybridized carbons (Fsp3) is 0.600. The Labute approximate surface area is 171 Å². The first kappa shape index (κ1) is 21.6. The summed E-state index contributed by atoms with van der Waals surface area (Å²) in [5.41, 5.74) is 0.00926. The van der Waals surface area contributed by atoms with E-state index in [4.69, 9.17) is 4.74 Å². The fourth-order valence-electron chi connectivity index (χ4n) is 3.64. The molecule has 1 atom stereocenters. The number of sulfone groups is 1. The molecule has 0 aliphatic carbocycles. The van der Waals surface area contributed by atoms with Crippen LogP contribution in [0.2, 0.25) is 0 Å². The van der Waals surface area contributed by atoms with E-state index in [9.17, 15) is 18.0 Å². The van der Waals surface area contributed by atoms with E-state index in [0.717, 1.165) is 0 Å². The third-order valence-electron chi connectivity index (χ3n) is 5.05. The van der Waals surface area contributed by atoms with Crippen molar-refractivity contribution in [2.75, 3.05) is 24.5 Å². The summed E-state index contributed by atoms with van der Waals surface area (Å²) in [5, 5.41) is 5.52. The van der Waals surface area contributed by atoms with Crippen LogP contribution < -0.4 is 15.5 Å². The summed E-state index contributed by atoms with van der Waals surface area (Å²) in [5.74, 6) is -0.125. The van der Waals surface area contributed by atoms with Crippen LogP contribution in [0.4, 0.5) is 10.5 Å². The molecule has 0 bridgehead atoms. The zero-order valence-electron chi connectivity index (χ0n) is 17.1. The van der Waals surface area contributed by atoms with Crippen LogP contribution in [-0.4, -0.2) is 56.9 Å². The molecule has 0 aromatic heterocycles. The Hall–Kier alpha value is -2.13. The average molecular weight is 424 g/mol. The number of alkyl carbamates (subject to hydrolysis) is 1. The number of carbonyl (C=O) groups excluding carboxylic acids is 2. The van der Waals surface area contributed by atoms with Gasteiger partial charge in [-0.1, -0.05) is 0 Å². The third-order valence-corrected chi connectivity index (χ3v) is 7.33. The van der Waals surface area contributed by atoms with Crippen LogP contribution in [0.1, 0.15) is 40.0 Å². The lowest BCUT2D eigenvalue weighted by Gasteiger charge is -2.23. The van der Waals surface area contributed by atoms with Crippen LogP contribution in [0.5, 0.6) is 0 Å². The molecule has 2 aliphatic heterocycles. The van der Waals surface area contributed by atoms with Gasteiger partial charge in [-0.3, -0.25) is 4.79 Å². The average Bonchev–Trinajstić information content (AvgIpc) is 3.01. The van der Waals surface area contributed by atoms with Crippen molar-refractivity contribution >= 4 is 27.5 Å². The quantitative estimate of drug-likeness (QED) is 0.766. The summed E-state index contributed by atoms with van der Waals surface area (Å²) in [7, 11) is -3.38. The van der Waals surface area contributed by atoms with Crippen LogP contribution in [-0.2, 0) is 19.4 Å². The lowest BCUT2D eigenvalue weighted by molar-refractivity contribution is -0.117. The van der Waals surface area contributed by atoms with Gasteiger partial charge in [0.15, 0.2) is 9.84 Å². The molecule has 0 radical (unpaired) electrons. The topological polar surface area (TPSA) is 105 Å². The van der Waals surface area contributed by atoms with Gasteiger partial charge < -0.3 is 20.3 Å². The van der Waals surface area contributed by atoms with E-state index in [1.165, 1.54) is 0 Å². The van der Waals surface area contributed by atoms with Gasteiger partial charge in [0.1, 0.15) is 5.60 Å². The van der Waals surface area contributed by atoms with Crippen LogP contribution in [0.25, 0.3) is 0 Å². The highest BCUT2D eigenvalue weighted by Gasteiger charge is 2.33. The van der Waals surface area contributed by atoms with E-state index in [-0.39, 0.29) is 28.5 Å². The van der Waals surface area contributed by atoms with Crippen molar-refractivity contribution in [3.05, 3.63) is 24.3 Å². The minimum absolute atomic E-state index is 0.125. The van der Waals surface area contributed by atoms with Crippen molar-refractivity contribution in [1.29, 1.82) is 0 Å². The van der Waals surface area contributed by atoms with Gasteiger partial charge in [-0.15, -0.1) is 0 Å². The van der Waals surface area contributed by atoms with E-state index >= 15 is 0 Å². The molecule has 2 saturated heterocycles. The number of anilines is 1. The van der Waals surface area contributed by atoms with E-state index in [0.29, 0.717) is 38.2 Å². The molecule has 9 heteroatoms. The van der Waals surface area contributed by atoms with Gasteiger partial charge in [0.25, 0.3) is 0 Å². The maximum atomic E-state index is 12.8. The molecule has 1 aromatic rings. The Morgan fingerprint density at radius 3 is 2.38 bits per heavy atom. The Morgan fingerprint density at radius 2 is 1.79 bits per heavy atom. The van der Waals surface area contributed by atoms with Gasteiger partial charge in [0, 0.05) is 18.7 Å². The first-order valence-electron chi connectivity index (χ1n) is 9.91. The van der Waals surface area contributed by atoms with E-state index in [1.807, 2.05) is 0 Å². The molecule has 0 saturated carbocycles. The number of nitrogens with zero attached hydrogens (tertiary/aromatic N) is 1. The molecule has 8 nitrogen and oxygen atoms in total. The highest BCUT2D eigenvalue weighted by Crippen LogP contribution is 2.27. The summed E-state index contributed by atoms with van der Waals surface area (Å²) < 4.78 is 30.8. The molecular formula is C20H29N3O5S. The minimum Gasteiger partial charge on any atom is -0.444 e. The maximum Gasteiger partial charge on any atom is 0.407 e. The predicted octanol–water partition coefficient (Wildman–Crippen LogP) is 1.84. The number of ether oxygens (including phenoxy) is 1. The van der Waals surface area contributed by atoms with Gasteiger partial charge in [-0.2, -0.15) is 0 Å². The normalized spacial score (nSPS) is 21.3. The Balaban J connectivity index is 1.65. The number of rotatable bonds is 4. The number of nitrogens with one attached hydrogen (secondary N) is 2. The van der Waals surface area contributed by atoms with Crippen LogP contribution in [0.15, 0.2) is 29.2 Å². The maximum absolute atomic E-state index is 12.8. The molecule has 0 spiro atoms. The zero-order chi connectivity index (χ0) is 21.2. The standard InChI is InChI=1S/C20H29N3O5S/c1-20(2,3)28-19(25)22-14-12-18(24)23(13-14)15-4-6-16(7-5-15)29(26,27)17-8-10-21-11-9-17/h4-7,14,17,21H,8-13H2,1-3H3,(H,22,25)/t14-/m1/s1. The predicted molar refractivity (Wildman–Crippen MR) is 110 cm³/mol. The summed E-state index contributed by atoms with van der Waals surface area (Å²) in [6, 6.07) is 6.09. The number of hydrogen-bond donors (Lipinski definition) is 2. The minimum atomic E-state index is -3.38. The summed E-state index contributed by atoms with van der Waals surface area (Å²) in [6.07, 6.45) is 0.828. The van der Waals surface area contributed by atoms with Gasteiger partial charge in [-0.25, -0.2) is 13.2 Å². The number of piperidine rings is 1. The summed E-state index contributed by atoms with van der Waals surface area (Å²) >= 11 is 0. The van der Waals surface area contributed by atoms with Gasteiger partial charge in [0.2, 0.25) is 5.91 Å². The van der Waals surface area contributed by atoms with Crippen molar-refractivity contribution in [3.63, 3.8) is 0 Å². The second kappa shape index (κ2) is 8.31. The molecule has 2 amide bonds. The molecule has 29 heavy (non-hydrogen) atoms. The lowest BCUT2D eigenvalue weighted by atomic mass is 10.2. The first-order chi connectivity index (χ1) is 13.6. The molecule has 2 heterocycles. The summed E-state index contributed by atoms with van der Waals surface area (Å²) in [6.45, 7) is 7.05. The van der Waals surface area contributed by atoms with Crippen molar-refractivity contribution in [2.24, 2.45) is 0 Å². The molecule has 2 fully saturated rings. The lowest BCUT2D eigenvalue weighted by Crippen LogP contribution is -2.40. The molecule has 0 unspecified atom stereocenters.